The Labute approximate surface area is 243 Å². The number of H-pyrrole nitrogens is 1. The molecule has 1 aromatic heterocycles. The van der Waals surface area contributed by atoms with Crippen LogP contribution in [0.15, 0.2) is 54.6 Å². The Hall–Kier alpha value is -4.67. The fourth-order valence-electron chi connectivity index (χ4n) is 4.44. The van der Waals surface area contributed by atoms with Crippen LogP contribution in [-0.2, 0) is 24.1 Å². The lowest BCUT2D eigenvalue weighted by molar-refractivity contribution is -0.136. The normalized spacial score (nSPS) is 10.9. The van der Waals surface area contributed by atoms with E-state index in [1.165, 1.54) is 12.1 Å². The van der Waals surface area contributed by atoms with E-state index in [2.05, 4.69) is 20.6 Å². The average molecular weight is 579 g/mol. The van der Waals surface area contributed by atoms with Crippen molar-refractivity contribution >= 4 is 5.97 Å². The minimum atomic E-state index is -0.891. The predicted molar refractivity (Wildman–Crippen MR) is 153 cm³/mol. The van der Waals surface area contributed by atoms with Crippen LogP contribution in [0.4, 0.5) is 4.39 Å². The first-order chi connectivity index (χ1) is 20.4. The molecule has 0 saturated carbocycles. The Bertz CT molecular complexity index is 1450. The lowest BCUT2D eigenvalue weighted by Gasteiger charge is -2.16. The smallest absolute Gasteiger partial charge is 0.303 e. The van der Waals surface area contributed by atoms with Gasteiger partial charge in [-0.25, -0.2) is 4.39 Å². The second-order valence-corrected chi connectivity index (χ2v) is 9.65. The number of phenols is 1. The van der Waals surface area contributed by atoms with Crippen LogP contribution >= 0.6 is 0 Å². The van der Waals surface area contributed by atoms with E-state index < -0.39 is 11.8 Å². The van der Waals surface area contributed by atoms with E-state index in [0.29, 0.717) is 50.0 Å². The Kier molecular flexibility index (Phi) is 11.1. The van der Waals surface area contributed by atoms with Crippen LogP contribution in [0.2, 0.25) is 0 Å². The van der Waals surface area contributed by atoms with Crippen molar-refractivity contribution in [3.63, 3.8) is 0 Å². The fourth-order valence-corrected chi connectivity index (χ4v) is 4.44. The number of benzene rings is 3. The number of unbranched alkanes of at least 4 members (excludes halogenated alkanes) is 1. The van der Waals surface area contributed by atoms with E-state index in [1.54, 1.807) is 6.07 Å². The van der Waals surface area contributed by atoms with Gasteiger partial charge in [0.05, 0.1) is 19.8 Å². The number of phenolic OH excluding ortho intramolecular Hbond substituents is 1. The van der Waals surface area contributed by atoms with Gasteiger partial charge in [0.15, 0.2) is 17.4 Å². The third-order valence-corrected chi connectivity index (χ3v) is 6.65. The number of aryl methyl sites for hydroxylation is 2. The highest BCUT2D eigenvalue weighted by molar-refractivity contribution is 5.68. The standard InChI is InChI=1S/C31H35FN4O6/c1-2-21-19-22(23-10-13-25(32)26(37)20-23)11-14-27(21)40-17-6-18-42-29-8-5-7-28(24(29)12-15-31(38)39)41-16-4-3-9-30-33-35-36-34-30/h5,7-8,10-11,13-14,19-20,37H,2-4,6,9,12,15-18H2,1H3,(H,38,39)(H,33,34,35,36). The molecule has 0 spiro atoms. The maximum Gasteiger partial charge on any atom is 0.303 e. The van der Waals surface area contributed by atoms with Crippen molar-refractivity contribution in [3.8, 4) is 34.1 Å². The molecule has 3 aromatic carbocycles. The lowest BCUT2D eigenvalue weighted by atomic mass is 10.0. The first-order valence-corrected chi connectivity index (χ1v) is 14.0. The summed E-state index contributed by atoms with van der Waals surface area (Å²) in [5.41, 5.74) is 3.31. The summed E-state index contributed by atoms with van der Waals surface area (Å²) < 4.78 is 31.5. The van der Waals surface area contributed by atoms with Crippen molar-refractivity contribution < 1.29 is 33.6 Å². The monoisotopic (exact) mass is 578 g/mol. The van der Waals surface area contributed by atoms with Crippen molar-refractivity contribution in [2.75, 3.05) is 19.8 Å². The second-order valence-electron chi connectivity index (χ2n) is 9.65. The molecule has 0 amide bonds. The van der Waals surface area contributed by atoms with Crippen molar-refractivity contribution in [2.24, 2.45) is 0 Å². The van der Waals surface area contributed by atoms with Gasteiger partial charge in [-0.15, -0.1) is 10.2 Å². The molecule has 0 unspecified atom stereocenters. The minimum Gasteiger partial charge on any atom is -0.505 e. The number of hydrogen-bond acceptors (Lipinski definition) is 8. The first kappa shape index (κ1) is 30.3. The third-order valence-electron chi connectivity index (χ3n) is 6.65. The number of carbonyl (C=O) groups is 1. The summed E-state index contributed by atoms with van der Waals surface area (Å²) in [6, 6.07) is 15.5. The molecule has 11 heteroatoms. The van der Waals surface area contributed by atoms with E-state index in [-0.39, 0.29) is 18.6 Å². The highest BCUT2D eigenvalue weighted by atomic mass is 19.1. The van der Waals surface area contributed by atoms with Gasteiger partial charge < -0.3 is 24.4 Å². The van der Waals surface area contributed by atoms with E-state index in [1.807, 2.05) is 43.3 Å². The molecule has 42 heavy (non-hydrogen) atoms. The summed E-state index contributed by atoms with van der Waals surface area (Å²) in [6.07, 6.45) is 3.91. The third kappa shape index (κ3) is 8.66. The average Bonchev–Trinajstić information content (AvgIpc) is 3.51. The van der Waals surface area contributed by atoms with Crippen LogP contribution in [0.3, 0.4) is 0 Å². The van der Waals surface area contributed by atoms with Gasteiger partial charge >= 0.3 is 5.97 Å². The van der Waals surface area contributed by atoms with Crippen LogP contribution in [0.25, 0.3) is 11.1 Å². The molecule has 0 aliphatic heterocycles. The topological polar surface area (TPSA) is 140 Å². The van der Waals surface area contributed by atoms with Crippen molar-refractivity contribution in [1.82, 2.24) is 20.6 Å². The molecule has 0 aliphatic carbocycles. The van der Waals surface area contributed by atoms with E-state index in [4.69, 9.17) is 14.2 Å². The van der Waals surface area contributed by atoms with Gasteiger partial charge in [-0.1, -0.05) is 30.3 Å². The SMILES string of the molecule is CCc1cc(-c2ccc(F)c(O)c2)ccc1OCCCOc1cccc(OCCCCc2nn[nH]n2)c1CCC(=O)O. The van der Waals surface area contributed by atoms with Crippen molar-refractivity contribution in [1.29, 1.82) is 0 Å². The Morgan fingerprint density at radius 2 is 1.57 bits per heavy atom. The summed E-state index contributed by atoms with van der Waals surface area (Å²) in [4.78, 5) is 11.3. The number of rotatable bonds is 17. The lowest BCUT2D eigenvalue weighted by Crippen LogP contribution is -2.09. The highest BCUT2D eigenvalue weighted by Crippen LogP contribution is 2.32. The van der Waals surface area contributed by atoms with Gasteiger partial charge in [0.2, 0.25) is 0 Å². The summed E-state index contributed by atoms with van der Waals surface area (Å²) in [6.45, 7) is 3.29. The zero-order chi connectivity index (χ0) is 29.7. The van der Waals surface area contributed by atoms with Gasteiger partial charge in [-0.2, -0.15) is 5.21 Å². The summed E-state index contributed by atoms with van der Waals surface area (Å²) in [5, 5.41) is 32.8. The number of ether oxygens (including phenoxy) is 3. The molecule has 0 atom stereocenters. The van der Waals surface area contributed by atoms with Gasteiger partial charge in [-0.05, 0) is 78.8 Å². The van der Waals surface area contributed by atoms with Crippen LogP contribution in [0, 0.1) is 5.82 Å². The molecule has 222 valence electrons. The summed E-state index contributed by atoms with van der Waals surface area (Å²) >= 11 is 0. The van der Waals surface area contributed by atoms with E-state index >= 15 is 0 Å². The molecule has 0 bridgehead atoms. The number of nitrogens with one attached hydrogen (secondary N) is 1. The molecule has 4 aromatic rings. The number of carboxylic acid groups (broad SMARTS) is 1. The Morgan fingerprint density at radius 1 is 0.881 bits per heavy atom. The van der Waals surface area contributed by atoms with Crippen molar-refractivity contribution in [2.45, 2.75) is 51.9 Å². The molecule has 0 aliphatic rings. The molecule has 3 N–H and O–H groups in total. The number of aromatic amines is 1. The molecule has 4 rings (SSSR count). The van der Waals surface area contributed by atoms with Gasteiger partial charge in [0.1, 0.15) is 17.2 Å². The first-order valence-electron chi connectivity index (χ1n) is 14.0. The van der Waals surface area contributed by atoms with E-state index in [0.717, 1.165) is 47.3 Å². The number of aromatic hydroxyl groups is 1. The maximum absolute atomic E-state index is 13.4. The number of halogens is 1. The number of carboxylic acids is 1. The quantitative estimate of drug-likeness (QED) is 0.138. The Morgan fingerprint density at radius 3 is 2.24 bits per heavy atom. The number of aromatic nitrogens is 4. The van der Waals surface area contributed by atoms with Crippen LogP contribution in [0.1, 0.15) is 49.6 Å². The van der Waals surface area contributed by atoms with Gasteiger partial charge in [-0.3, -0.25) is 4.79 Å². The molecule has 0 radical (unpaired) electrons. The molecule has 1 heterocycles. The fraction of sp³-hybridized carbons (Fsp3) is 0.355. The number of hydrogen-bond donors (Lipinski definition) is 3. The largest absolute Gasteiger partial charge is 0.505 e. The van der Waals surface area contributed by atoms with Gasteiger partial charge in [0.25, 0.3) is 0 Å². The van der Waals surface area contributed by atoms with Crippen LogP contribution < -0.4 is 14.2 Å². The van der Waals surface area contributed by atoms with Crippen molar-refractivity contribution in [3.05, 3.63) is 77.4 Å². The maximum atomic E-state index is 13.4. The number of tetrazole rings is 1. The van der Waals surface area contributed by atoms with Crippen LogP contribution in [-0.4, -0.2) is 56.6 Å². The van der Waals surface area contributed by atoms with E-state index in [9.17, 15) is 19.4 Å². The zero-order valence-electron chi connectivity index (χ0n) is 23.5. The highest BCUT2D eigenvalue weighted by Gasteiger charge is 2.14. The molecule has 0 saturated heterocycles. The van der Waals surface area contributed by atoms with Crippen LogP contribution in [0.5, 0.6) is 23.0 Å². The summed E-state index contributed by atoms with van der Waals surface area (Å²) in [7, 11) is 0. The zero-order valence-corrected chi connectivity index (χ0v) is 23.5. The Balaban J connectivity index is 1.29. The molecule has 0 fully saturated rings. The number of aliphatic carboxylic acids is 1. The molecular weight excluding hydrogens is 543 g/mol. The molecule has 10 nitrogen and oxygen atoms in total. The summed E-state index contributed by atoms with van der Waals surface area (Å²) in [5.74, 6) is 0.700. The number of nitrogens with zero attached hydrogens (tertiary/aromatic N) is 3. The predicted octanol–water partition coefficient (Wildman–Crippen LogP) is 5.54. The molecular formula is C31H35FN4O6. The minimum absolute atomic E-state index is 0.0367. The second kappa shape index (κ2) is 15.4. The van der Waals surface area contributed by atoms with Gasteiger partial charge in [0, 0.05) is 24.8 Å².